The van der Waals surface area contributed by atoms with Gasteiger partial charge in [0.1, 0.15) is 5.52 Å². The number of benzene rings is 7. The van der Waals surface area contributed by atoms with E-state index in [1.807, 2.05) is 18.3 Å². The van der Waals surface area contributed by atoms with Gasteiger partial charge in [0.2, 0.25) is 0 Å². The summed E-state index contributed by atoms with van der Waals surface area (Å²) in [7, 11) is 0. The third-order valence-corrected chi connectivity index (χ3v) is 8.79. The molecule has 0 aliphatic heterocycles. The van der Waals surface area contributed by atoms with E-state index in [1.54, 1.807) is 12.4 Å². The summed E-state index contributed by atoms with van der Waals surface area (Å²) in [5, 5.41) is 5.70. The van der Waals surface area contributed by atoms with Crippen molar-refractivity contribution in [3.8, 4) is 44.8 Å². The smallest absolute Gasteiger partial charge is 0.159 e. The molecule has 7 aromatic carbocycles. The number of rotatable bonds is 4. The Morgan fingerprint density at radius 3 is 1.74 bits per heavy atom. The third kappa shape index (κ3) is 4.31. The fourth-order valence-corrected chi connectivity index (χ4v) is 6.64. The topological polar surface area (TPSA) is 51.6 Å². The predicted molar refractivity (Wildman–Crippen MR) is 189 cm³/mol. The SMILES string of the molecule is c1ccc(-c2c(-c3ccccc3)c3nccnc3c3cnc(-c4ccc5cc(-c6cccc7ccccc67)ccc5c4)nc23)cc1. The zero-order valence-corrected chi connectivity index (χ0v) is 24.8. The molecule has 0 atom stereocenters. The maximum atomic E-state index is 5.29. The molecular formula is C42H26N4. The van der Waals surface area contributed by atoms with Crippen molar-refractivity contribution in [2.24, 2.45) is 0 Å². The molecule has 0 saturated heterocycles. The van der Waals surface area contributed by atoms with Gasteiger partial charge in [-0.1, -0.05) is 127 Å². The Kier molecular flexibility index (Phi) is 6.10. The summed E-state index contributed by atoms with van der Waals surface area (Å²) in [6, 6.07) is 49.0. The van der Waals surface area contributed by atoms with Crippen molar-refractivity contribution in [3.05, 3.63) is 158 Å². The molecule has 0 bridgehead atoms. The summed E-state index contributed by atoms with van der Waals surface area (Å²) in [4.78, 5) is 19.8. The highest BCUT2D eigenvalue weighted by molar-refractivity contribution is 6.18. The van der Waals surface area contributed by atoms with E-state index >= 15 is 0 Å². The molecule has 0 spiro atoms. The van der Waals surface area contributed by atoms with Crippen LogP contribution in [0.5, 0.6) is 0 Å². The number of hydrogen-bond acceptors (Lipinski definition) is 4. The van der Waals surface area contributed by atoms with E-state index in [4.69, 9.17) is 19.9 Å². The Labute approximate surface area is 265 Å². The summed E-state index contributed by atoms with van der Waals surface area (Å²) < 4.78 is 0. The zero-order valence-electron chi connectivity index (χ0n) is 24.8. The minimum Gasteiger partial charge on any atom is -0.252 e. The third-order valence-electron chi connectivity index (χ3n) is 8.79. The van der Waals surface area contributed by atoms with Gasteiger partial charge in [-0.2, -0.15) is 0 Å². The second-order valence-corrected chi connectivity index (χ2v) is 11.5. The van der Waals surface area contributed by atoms with Crippen molar-refractivity contribution in [2.45, 2.75) is 0 Å². The maximum absolute atomic E-state index is 5.29. The lowest BCUT2D eigenvalue weighted by molar-refractivity contribution is 1.22. The molecule has 9 rings (SSSR count). The molecule has 46 heavy (non-hydrogen) atoms. The van der Waals surface area contributed by atoms with Gasteiger partial charge in [-0.05, 0) is 55.9 Å². The summed E-state index contributed by atoms with van der Waals surface area (Å²) in [5.74, 6) is 0.673. The highest BCUT2D eigenvalue weighted by Crippen LogP contribution is 2.43. The first-order chi connectivity index (χ1) is 22.8. The summed E-state index contributed by atoms with van der Waals surface area (Å²) in [6.45, 7) is 0. The van der Waals surface area contributed by atoms with E-state index in [0.29, 0.717) is 5.82 Å². The Balaban J connectivity index is 1.24. The van der Waals surface area contributed by atoms with E-state index in [0.717, 1.165) is 55.1 Å². The van der Waals surface area contributed by atoms with E-state index in [1.165, 1.54) is 27.3 Å². The monoisotopic (exact) mass is 586 g/mol. The van der Waals surface area contributed by atoms with Crippen LogP contribution in [0.2, 0.25) is 0 Å². The lowest BCUT2D eigenvalue weighted by Gasteiger charge is -2.17. The Hall–Kier alpha value is -6.26. The average Bonchev–Trinajstić information content (AvgIpc) is 3.14. The van der Waals surface area contributed by atoms with Crippen molar-refractivity contribution in [1.29, 1.82) is 0 Å². The molecule has 2 aromatic heterocycles. The predicted octanol–water partition coefficient (Wildman–Crippen LogP) is 10.5. The van der Waals surface area contributed by atoms with Crippen LogP contribution in [0.1, 0.15) is 0 Å². The van der Waals surface area contributed by atoms with Crippen LogP contribution in [0.25, 0.3) is 88.2 Å². The molecule has 4 heteroatoms. The van der Waals surface area contributed by atoms with Gasteiger partial charge >= 0.3 is 0 Å². The Bertz CT molecular complexity index is 2570. The van der Waals surface area contributed by atoms with Gasteiger partial charge in [-0.3, -0.25) is 9.97 Å². The fourth-order valence-electron chi connectivity index (χ4n) is 6.64. The first kappa shape index (κ1) is 26.2. The molecule has 4 nitrogen and oxygen atoms in total. The van der Waals surface area contributed by atoms with Crippen molar-refractivity contribution >= 4 is 43.5 Å². The normalized spacial score (nSPS) is 11.5. The minimum atomic E-state index is 0.673. The highest BCUT2D eigenvalue weighted by atomic mass is 14.9. The number of aromatic nitrogens is 4. The Morgan fingerprint density at radius 1 is 0.370 bits per heavy atom. The summed E-state index contributed by atoms with van der Waals surface area (Å²) in [6.07, 6.45) is 5.40. The van der Waals surface area contributed by atoms with E-state index in [-0.39, 0.29) is 0 Å². The molecule has 0 saturated carbocycles. The zero-order chi connectivity index (χ0) is 30.5. The van der Waals surface area contributed by atoms with Crippen LogP contribution < -0.4 is 0 Å². The van der Waals surface area contributed by atoms with Gasteiger partial charge in [0, 0.05) is 40.7 Å². The average molecular weight is 587 g/mol. The van der Waals surface area contributed by atoms with Crippen LogP contribution in [-0.4, -0.2) is 19.9 Å². The van der Waals surface area contributed by atoms with Gasteiger partial charge in [0.05, 0.1) is 11.0 Å². The number of nitrogens with zero attached hydrogens (tertiary/aromatic N) is 4. The van der Waals surface area contributed by atoms with Gasteiger partial charge in [-0.25, -0.2) is 9.97 Å². The number of hydrogen-bond donors (Lipinski definition) is 0. The van der Waals surface area contributed by atoms with Crippen molar-refractivity contribution in [3.63, 3.8) is 0 Å². The van der Waals surface area contributed by atoms with Crippen molar-refractivity contribution < 1.29 is 0 Å². The van der Waals surface area contributed by atoms with Gasteiger partial charge in [0.15, 0.2) is 5.82 Å². The van der Waals surface area contributed by atoms with Crippen LogP contribution in [0, 0.1) is 0 Å². The molecule has 0 radical (unpaired) electrons. The number of fused-ring (bicyclic) bond motifs is 5. The Morgan fingerprint density at radius 2 is 0.978 bits per heavy atom. The minimum absolute atomic E-state index is 0.673. The molecule has 0 fully saturated rings. The molecule has 0 aliphatic carbocycles. The molecule has 0 N–H and O–H groups in total. The molecule has 0 amide bonds. The molecule has 0 aliphatic rings. The van der Waals surface area contributed by atoms with E-state index in [9.17, 15) is 0 Å². The van der Waals surface area contributed by atoms with E-state index in [2.05, 4.69) is 127 Å². The second-order valence-electron chi connectivity index (χ2n) is 11.5. The largest absolute Gasteiger partial charge is 0.252 e. The van der Waals surface area contributed by atoms with Crippen molar-refractivity contribution in [2.75, 3.05) is 0 Å². The van der Waals surface area contributed by atoms with Crippen molar-refractivity contribution in [1.82, 2.24) is 19.9 Å². The first-order valence-electron chi connectivity index (χ1n) is 15.4. The van der Waals surface area contributed by atoms with Gasteiger partial charge < -0.3 is 0 Å². The van der Waals surface area contributed by atoms with Crippen LogP contribution in [0.4, 0.5) is 0 Å². The summed E-state index contributed by atoms with van der Waals surface area (Å²) in [5.41, 5.74) is 10.1. The van der Waals surface area contributed by atoms with Crippen LogP contribution in [-0.2, 0) is 0 Å². The highest BCUT2D eigenvalue weighted by Gasteiger charge is 2.21. The van der Waals surface area contributed by atoms with Gasteiger partial charge in [0.25, 0.3) is 0 Å². The van der Waals surface area contributed by atoms with Gasteiger partial charge in [-0.15, -0.1) is 0 Å². The lowest BCUT2D eigenvalue weighted by atomic mass is 9.90. The van der Waals surface area contributed by atoms with E-state index < -0.39 is 0 Å². The fraction of sp³-hybridized carbons (Fsp3) is 0. The van der Waals surface area contributed by atoms with Crippen LogP contribution >= 0.6 is 0 Å². The maximum Gasteiger partial charge on any atom is 0.159 e. The molecule has 2 heterocycles. The molecule has 9 aromatic rings. The molecular weight excluding hydrogens is 560 g/mol. The molecule has 214 valence electrons. The standard InChI is InChI=1S/C42H26N4/c1-3-11-28(12-4-1)37-38(29-13-5-2-6-14-29)41-40(43-22-23-44-41)36-26-45-42(46-39(36)37)33-21-19-30-24-32(20-18-31(30)25-33)35-17-9-15-27-10-7-8-16-34(27)35/h1-26H. The first-order valence-corrected chi connectivity index (χ1v) is 15.4. The van der Waals surface area contributed by atoms with Crippen LogP contribution in [0.3, 0.4) is 0 Å². The summed E-state index contributed by atoms with van der Waals surface area (Å²) >= 11 is 0. The quantitative estimate of drug-likeness (QED) is 0.193. The second kappa shape index (κ2) is 10.7. The van der Waals surface area contributed by atoms with Crippen LogP contribution in [0.15, 0.2) is 158 Å². The molecule has 0 unspecified atom stereocenters. The lowest BCUT2D eigenvalue weighted by Crippen LogP contribution is -1.98.